The smallest absolute Gasteiger partial charge is 0.143 e. The Morgan fingerprint density at radius 3 is 2.93 bits per heavy atom. The Labute approximate surface area is 160 Å². The van der Waals surface area contributed by atoms with Gasteiger partial charge in [0.15, 0.2) is 0 Å². The van der Waals surface area contributed by atoms with Crippen molar-refractivity contribution in [2.24, 2.45) is 5.92 Å². The number of anilines is 2. The van der Waals surface area contributed by atoms with Crippen molar-refractivity contribution in [3.63, 3.8) is 0 Å². The van der Waals surface area contributed by atoms with E-state index in [0.29, 0.717) is 0 Å². The summed E-state index contributed by atoms with van der Waals surface area (Å²) < 4.78 is 0. The molecule has 0 bridgehead atoms. The van der Waals surface area contributed by atoms with E-state index in [9.17, 15) is 0 Å². The third kappa shape index (κ3) is 3.81. The molecule has 0 unspecified atom stereocenters. The molecule has 1 aliphatic heterocycles. The van der Waals surface area contributed by atoms with Crippen molar-refractivity contribution in [1.29, 1.82) is 0 Å². The van der Waals surface area contributed by atoms with E-state index in [4.69, 9.17) is 6.42 Å². The Kier molecular flexibility index (Phi) is 5.08. The molecule has 27 heavy (non-hydrogen) atoms. The lowest BCUT2D eigenvalue weighted by atomic mass is 9.94. The highest BCUT2D eigenvalue weighted by molar-refractivity contribution is 5.92. The molecule has 1 aromatic carbocycles. The lowest BCUT2D eigenvalue weighted by Crippen LogP contribution is -2.32. The van der Waals surface area contributed by atoms with E-state index in [0.717, 1.165) is 53.7 Å². The Bertz CT molecular complexity index is 960. The third-order valence-electron chi connectivity index (χ3n) is 5.52. The summed E-state index contributed by atoms with van der Waals surface area (Å²) in [7, 11) is 0. The van der Waals surface area contributed by atoms with E-state index in [2.05, 4.69) is 44.2 Å². The van der Waals surface area contributed by atoms with Gasteiger partial charge in [-0.25, -0.2) is 9.97 Å². The summed E-state index contributed by atoms with van der Waals surface area (Å²) in [6, 6.07) is 7.82. The molecule has 0 spiro atoms. The molecule has 0 saturated carbocycles. The van der Waals surface area contributed by atoms with Gasteiger partial charge in [-0.2, -0.15) is 0 Å². The lowest BCUT2D eigenvalue weighted by molar-refractivity contribution is 0.175. The first-order chi connectivity index (χ1) is 13.3. The zero-order valence-corrected chi connectivity index (χ0v) is 15.7. The van der Waals surface area contributed by atoms with Gasteiger partial charge in [-0.05, 0) is 55.6 Å². The summed E-state index contributed by atoms with van der Waals surface area (Å²) in [5.41, 5.74) is 3.87. The third-order valence-corrected chi connectivity index (χ3v) is 5.52. The van der Waals surface area contributed by atoms with Gasteiger partial charge in [-0.15, -0.1) is 6.42 Å². The topological polar surface area (TPSA) is 56.8 Å². The quantitative estimate of drug-likeness (QED) is 0.667. The SMILES string of the molecule is C#Cc1cccc(Nc2ncnc3[nH]cc(CN4CCC(CC)CC4)c23)c1. The molecule has 1 aliphatic rings. The number of fused-ring (bicyclic) bond motifs is 1. The van der Waals surface area contributed by atoms with E-state index < -0.39 is 0 Å². The monoisotopic (exact) mass is 359 g/mol. The van der Waals surface area contributed by atoms with Crippen molar-refractivity contribution in [2.75, 3.05) is 18.4 Å². The Morgan fingerprint density at radius 2 is 2.15 bits per heavy atom. The van der Waals surface area contributed by atoms with E-state index in [1.165, 1.54) is 24.8 Å². The molecule has 2 N–H and O–H groups in total. The largest absolute Gasteiger partial charge is 0.346 e. The van der Waals surface area contributed by atoms with Gasteiger partial charge in [0.05, 0.1) is 5.39 Å². The highest BCUT2D eigenvalue weighted by Gasteiger charge is 2.20. The summed E-state index contributed by atoms with van der Waals surface area (Å²) in [5, 5.41) is 4.47. The van der Waals surface area contributed by atoms with Crippen LogP contribution in [0.3, 0.4) is 0 Å². The minimum Gasteiger partial charge on any atom is -0.346 e. The van der Waals surface area contributed by atoms with Crippen molar-refractivity contribution in [2.45, 2.75) is 32.7 Å². The fraction of sp³-hybridized carbons (Fsp3) is 0.364. The van der Waals surface area contributed by atoms with Crippen LogP contribution in [0.5, 0.6) is 0 Å². The first-order valence-electron chi connectivity index (χ1n) is 9.64. The number of nitrogens with one attached hydrogen (secondary N) is 2. The van der Waals surface area contributed by atoms with Crippen molar-refractivity contribution >= 4 is 22.5 Å². The van der Waals surface area contributed by atoms with Gasteiger partial charge in [0.1, 0.15) is 17.8 Å². The average Bonchev–Trinajstić information content (AvgIpc) is 3.12. The Balaban J connectivity index is 1.59. The second kappa shape index (κ2) is 7.81. The normalized spacial score (nSPS) is 15.7. The maximum Gasteiger partial charge on any atom is 0.143 e. The summed E-state index contributed by atoms with van der Waals surface area (Å²) >= 11 is 0. The van der Waals surface area contributed by atoms with Crippen LogP contribution in [0.25, 0.3) is 11.0 Å². The Hall–Kier alpha value is -2.84. The van der Waals surface area contributed by atoms with Crippen LogP contribution in [0.1, 0.15) is 37.3 Å². The maximum atomic E-state index is 5.52. The number of nitrogens with zero attached hydrogens (tertiary/aromatic N) is 3. The highest BCUT2D eigenvalue weighted by Crippen LogP contribution is 2.29. The van der Waals surface area contributed by atoms with Crippen molar-refractivity contribution in [1.82, 2.24) is 19.9 Å². The first kappa shape index (κ1) is 17.6. The number of benzene rings is 1. The van der Waals surface area contributed by atoms with Crippen LogP contribution >= 0.6 is 0 Å². The lowest BCUT2D eigenvalue weighted by Gasteiger charge is -2.31. The molecule has 0 radical (unpaired) electrons. The number of rotatable bonds is 5. The van der Waals surface area contributed by atoms with E-state index in [-0.39, 0.29) is 0 Å². The van der Waals surface area contributed by atoms with E-state index >= 15 is 0 Å². The molecule has 5 nitrogen and oxygen atoms in total. The predicted octanol–water partition coefficient (Wildman–Crippen LogP) is 4.30. The zero-order valence-electron chi connectivity index (χ0n) is 15.7. The molecule has 1 saturated heterocycles. The molecule has 1 fully saturated rings. The van der Waals surface area contributed by atoms with Crippen LogP contribution < -0.4 is 5.32 Å². The van der Waals surface area contributed by atoms with Crippen LogP contribution in [-0.4, -0.2) is 32.9 Å². The fourth-order valence-corrected chi connectivity index (χ4v) is 3.86. The van der Waals surface area contributed by atoms with Gasteiger partial charge < -0.3 is 10.3 Å². The van der Waals surface area contributed by atoms with Gasteiger partial charge in [-0.1, -0.05) is 25.3 Å². The number of likely N-dealkylation sites (tertiary alicyclic amines) is 1. The second-order valence-electron chi connectivity index (χ2n) is 7.24. The molecule has 5 heteroatoms. The van der Waals surface area contributed by atoms with E-state index in [1.54, 1.807) is 6.33 Å². The molecule has 138 valence electrons. The van der Waals surface area contributed by atoms with Crippen molar-refractivity contribution in [3.05, 3.63) is 47.9 Å². The highest BCUT2D eigenvalue weighted by atomic mass is 15.1. The second-order valence-corrected chi connectivity index (χ2v) is 7.24. The summed E-state index contributed by atoms with van der Waals surface area (Å²) in [6.45, 7) is 5.53. The average molecular weight is 359 g/mol. The first-order valence-corrected chi connectivity index (χ1v) is 9.64. The minimum atomic E-state index is 0.814. The maximum absolute atomic E-state index is 5.52. The molecular formula is C22H25N5. The predicted molar refractivity (Wildman–Crippen MR) is 110 cm³/mol. The zero-order chi connectivity index (χ0) is 18.6. The molecule has 0 aliphatic carbocycles. The van der Waals surface area contributed by atoms with Gasteiger partial charge in [0, 0.05) is 24.0 Å². The van der Waals surface area contributed by atoms with Gasteiger partial charge in [-0.3, -0.25) is 4.90 Å². The summed E-state index contributed by atoms with van der Waals surface area (Å²) in [4.78, 5) is 14.7. The molecule has 3 heterocycles. The van der Waals surface area contributed by atoms with Crippen LogP contribution in [0.4, 0.5) is 11.5 Å². The molecule has 3 aromatic rings. The number of hydrogen-bond donors (Lipinski definition) is 2. The number of terminal acetylenes is 1. The number of aromatic amines is 1. The van der Waals surface area contributed by atoms with E-state index in [1.807, 2.05) is 24.3 Å². The molecule has 2 aromatic heterocycles. The van der Waals surface area contributed by atoms with Crippen molar-refractivity contribution < 1.29 is 0 Å². The Morgan fingerprint density at radius 1 is 1.30 bits per heavy atom. The number of H-pyrrole nitrogens is 1. The molecule has 0 amide bonds. The summed E-state index contributed by atoms with van der Waals surface area (Å²) in [5.74, 6) is 4.37. The van der Waals surface area contributed by atoms with Gasteiger partial charge in [0.2, 0.25) is 0 Å². The molecule has 4 rings (SSSR count). The van der Waals surface area contributed by atoms with Crippen LogP contribution in [0, 0.1) is 18.3 Å². The molecule has 0 atom stereocenters. The fourth-order valence-electron chi connectivity index (χ4n) is 3.86. The van der Waals surface area contributed by atoms with Crippen LogP contribution in [-0.2, 0) is 6.54 Å². The van der Waals surface area contributed by atoms with Gasteiger partial charge >= 0.3 is 0 Å². The number of hydrogen-bond acceptors (Lipinski definition) is 4. The van der Waals surface area contributed by atoms with Crippen LogP contribution in [0.15, 0.2) is 36.8 Å². The van der Waals surface area contributed by atoms with Gasteiger partial charge in [0.25, 0.3) is 0 Å². The number of aromatic nitrogens is 3. The van der Waals surface area contributed by atoms with Crippen molar-refractivity contribution in [3.8, 4) is 12.3 Å². The minimum absolute atomic E-state index is 0.814. The summed E-state index contributed by atoms with van der Waals surface area (Å²) in [6.07, 6.45) is 13.0. The number of piperidine rings is 1. The van der Waals surface area contributed by atoms with Crippen LogP contribution in [0.2, 0.25) is 0 Å². The standard InChI is InChI=1S/C22H25N5/c1-3-16-8-10-27(11-9-16)14-18-13-23-21-20(18)22(25-15-24-21)26-19-7-5-6-17(4-2)12-19/h2,5-7,12-13,15-16H,3,8-11,14H2,1H3,(H2,23,24,25,26). The molecular weight excluding hydrogens is 334 g/mol.